The summed E-state index contributed by atoms with van der Waals surface area (Å²) in [7, 11) is 0. The Morgan fingerprint density at radius 2 is 1.08 bits per heavy atom. The van der Waals surface area contributed by atoms with Gasteiger partial charge < -0.3 is 0 Å². The topological polar surface area (TPSA) is 0 Å². The quantitative estimate of drug-likeness (QED) is 0.329. The van der Waals surface area contributed by atoms with Gasteiger partial charge in [0, 0.05) is 0 Å². The first-order chi connectivity index (χ1) is 10.9. The zero-order valence-corrected chi connectivity index (χ0v) is 19.2. The Labute approximate surface area is 156 Å². The molecule has 0 nitrogen and oxygen atoms in total. The summed E-state index contributed by atoms with van der Waals surface area (Å²) in [5, 5.41) is 0. The van der Waals surface area contributed by atoms with Gasteiger partial charge in [-0.25, -0.2) is 0 Å². The van der Waals surface area contributed by atoms with Crippen molar-refractivity contribution in [1.29, 1.82) is 0 Å². The van der Waals surface area contributed by atoms with Crippen LogP contribution in [0.2, 0.25) is 0 Å². The Morgan fingerprint density at radius 3 is 1.46 bits per heavy atom. The second kappa shape index (κ2) is 14.2. The van der Waals surface area contributed by atoms with Gasteiger partial charge in [-0.1, -0.05) is 121 Å². The first-order valence-corrected chi connectivity index (χ1v) is 10.9. The minimum Gasteiger partial charge on any atom is -0.0654 e. The van der Waals surface area contributed by atoms with Gasteiger partial charge in [-0.2, -0.15) is 0 Å². The highest BCUT2D eigenvalue weighted by molar-refractivity contribution is 4.77. The normalized spacial score (nSPS) is 12.5. The van der Waals surface area contributed by atoms with Crippen molar-refractivity contribution in [3.05, 3.63) is 0 Å². The van der Waals surface area contributed by atoms with E-state index in [1.54, 1.807) is 0 Å². The van der Waals surface area contributed by atoms with Gasteiger partial charge in [-0.05, 0) is 35.5 Å². The molecule has 0 heteroatoms. The van der Waals surface area contributed by atoms with Crippen molar-refractivity contribution in [2.75, 3.05) is 0 Å². The lowest BCUT2D eigenvalue weighted by Crippen LogP contribution is -2.22. The van der Waals surface area contributed by atoms with Crippen LogP contribution in [0.4, 0.5) is 0 Å². The minimum absolute atomic E-state index is 0.471. The highest BCUT2D eigenvalue weighted by Gasteiger charge is 2.25. The third kappa shape index (κ3) is 24.3. The van der Waals surface area contributed by atoms with Crippen molar-refractivity contribution in [2.24, 2.45) is 22.7 Å². The molecule has 0 aliphatic rings. The molecule has 0 N–H and O–H groups in total. The molecule has 0 rings (SSSR count). The van der Waals surface area contributed by atoms with E-state index in [9.17, 15) is 0 Å². The molecule has 0 atom stereocenters. The summed E-state index contributed by atoms with van der Waals surface area (Å²) in [6.45, 7) is 23.3. The summed E-state index contributed by atoms with van der Waals surface area (Å²) in [6, 6.07) is 0. The molecule has 0 aliphatic heterocycles. The van der Waals surface area contributed by atoms with Crippen LogP contribution in [-0.2, 0) is 0 Å². The van der Waals surface area contributed by atoms with Crippen molar-refractivity contribution in [2.45, 2.75) is 133 Å². The first-order valence-electron chi connectivity index (χ1n) is 10.9. The Morgan fingerprint density at radius 1 is 0.625 bits per heavy atom. The molecule has 0 amide bonds. The summed E-state index contributed by atoms with van der Waals surface area (Å²) < 4.78 is 0. The van der Waals surface area contributed by atoms with Gasteiger partial charge in [0.2, 0.25) is 0 Å². The van der Waals surface area contributed by atoms with E-state index < -0.39 is 0 Å². The third-order valence-electron chi connectivity index (χ3n) is 4.35. The average Bonchev–Trinajstić information content (AvgIpc) is 2.33. The SMILES string of the molecule is CC(C)CC(C)(C)CC(C)(C)C.CCCCCCCCCC(C)C. The predicted octanol–water partition coefficient (Wildman–Crippen LogP) is 9.28. The molecule has 0 saturated heterocycles. The molecule has 0 unspecified atom stereocenters. The third-order valence-corrected chi connectivity index (χ3v) is 4.35. The lowest BCUT2D eigenvalue weighted by molar-refractivity contribution is 0.179. The molecule has 0 aromatic carbocycles. The smallest absolute Gasteiger partial charge is 0.0347 e. The van der Waals surface area contributed by atoms with E-state index >= 15 is 0 Å². The molecule has 0 fully saturated rings. The number of hydrogen-bond acceptors (Lipinski definition) is 0. The Hall–Kier alpha value is 0. The van der Waals surface area contributed by atoms with E-state index in [2.05, 4.69) is 69.2 Å². The minimum atomic E-state index is 0.471. The van der Waals surface area contributed by atoms with Crippen LogP contribution in [-0.4, -0.2) is 0 Å². The van der Waals surface area contributed by atoms with Crippen molar-refractivity contribution in [3.8, 4) is 0 Å². The summed E-state index contributed by atoms with van der Waals surface area (Å²) in [4.78, 5) is 0. The van der Waals surface area contributed by atoms with Gasteiger partial charge in [-0.15, -0.1) is 0 Å². The maximum atomic E-state index is 2.39. The number of rotatable bonds is 11. The molecule has 0 aromatic rings. The van der Waals surface area contributed by atoms with E-state index in [4.69, 9.17) is 0 Å². The molecule has 0 aromatic heterocycles. The van der Waals surface area contributed by atoms with Crippen molar-refractivity contribution in [1.82, 2.24) is 0 Å². The van der Waals surface area contributed by atoms with Gasteiger partial charge in [0.1, 0.15) is 0 Å². The van der Waals surface area contributed by atoms with Crippen LogP contribution in [0.5, 0.6) is 0 Å². The Kier molecular flexibility index (Phi) is 15.5. The Bertz CT molecular complexity index is 252. The second-order valence-electron chi connectivity index (χ2n) is 10.8. The van der Waals surface area contributed by atoms with Crippen LogP contribution in [0, 0.1) is 22.7 Å². The average molecular weight is 341 g/mol. The monoisotopic (exact) mass is 340 g/mol. The van der Waals surface area contributed by atoms with Crippen LogP contribution in [0.15, 0.2) is 0 Å². The van der Waals surface area contributed by atoms with Crippen molar-refractivity contribution in [3.63, 3.8) is 0 Å². The largest absolute Gasteiger partial charge is 0.0654 e. The fraction of sp³-hybridized carbons (Fsp3) is 1.00. The first kappa shape index (κ1) is 26.2. The van der Waals surface area contributed by atoms with E-state index in [1.807, 2.05) is 0 Å². The fourth-order valence-corrected chi connectivity index (χ4v) is 4.12. The standard InChI is InChI=1S/2C12H26/c1-10(2)8-12(6,7)9-11(3,4)5;1-4-5-6-7-8-9-10-11-12(2)3/h10H,8-9H2,1-7H3;12H,4-11H2,1-3H3. The molecular formula is C24H52. The summed E-state index contributed by atoms with van der Waals surface area (Å²) in [5.41, 5.74) is 0.977. The van der Waals surface area contributed by atoms with Gasteiger partial charge in [-0.3, -0.25) is 0 Å². The van der Waals surface area contributed by atoms with Gasteiger partial charge in [0.15, 0.2) is 0 Å². The van der Waals surface area contributed by atoms with Crippen LogP contribution < -0.4 is 0 Å². The molecule has 0 heterocycles. The van der Waals surface area contributed by atoms with Gasteiger partial charge in [0.05, 0.1) is 0 Å². The molecule has 0 aliphatic carbocycles. The van der Waals surface area contributed by atoms with E-state index in [-0.39, 0.29) is 0 Å². The molecule has 24 heavy (non-hydrogen) atoms. The summed E-state index contributed by atoms with van der Waals surface area (Å²) in [5.74, 6) is 1.72. The lowest BCUT2D eigenvalue weighted by atomic mass is 9.72. The Balaban J connectivity index is 0. The maximum absolute atomic E-state index is 2.39. The number of unbranched alkanes of at least 4 members (excludes halogenated alkanes) is 6. The zero-order valence-electron chi connectivity index (χ0n) is 19.2. The summed E-state index contributed by atoms with van der Waals surface area (Å²) >= 11 is 0. The molecule has 148 valence electrons. The molecule has 0 bridgehead atoms. The zero-order chi connectivity index (χ0) is 19.2. The van der Waals surface area contributed by atoms with Crippen LogP contribution in [0.25, 0.3) is 0 Å². The van der Waals surface area contributed by atoms with Crippen LogP contribution >= 0.6 is 0 Å². The predicted molar refractivity (Wildman–Crippen MR) is 115 cm³/mol. The van der Waals surface area contributed by atoms with Crippen molar-refractivity contribution < 1.29 is 0 Å². The fourth-order valence-electron chi connectivity index (χ4n) is 4.12. The highest BCUT2D eigenvalue weighted by Crippen LogP contribution is 2.37. The second-order valence-corrected chi connectivity index (χ2v) is 10.8. The van der Waals surface area contributed by atoms with Gasteiger partial charge >= 0.3 is 0 Å². The van der Waals surface area contributed by atoms with Crippen LogP contribution in [0.1, 0.15) is 133 Å². The lowest BCUT2D eigenvalue weighted by Gasteiger charge is -2.33. The van der Waals surface area contributed by atoms with Crippen molar-refractivity contribution >= 4 is 0 Å². The summed E-state index contributed by atoms with van der Waals surface area (Å²) in [6.07, 6.45) is 14.2. The number of hydrogen-bond donors (Lipinski definition) is 0. The molecule has 0 spiro atoms. The molecule has 0 saturated carbocycles. The molecule has 0 radical (unpaired) electrons. The van der Waals surface area contributed by atoms with E-state index in [0.29, 0.717) is 10.8 Å². The highest BCUT2D eigenvalue weighted by atomic mass is 14.3. The van der Waals surface area contributed by atoms with Gasteiger partial charge in [0.25, 0.3) is 0 Å². The van der Waals surface area contributed by atoms with E-state index in [1.165, 1.54) is 64.2 Å². The molecular weight excluding hydrogens is 288 g/mol. The van der Waals surface area contributed by atoms with E-state index in [0.717, 1.165) is 11.8 Å². The van der Waals surface area contributed by atoms with Crippen LogP contribution in [0.3, 0.4) is 0 Å². The maximum Gasteiger partial charge on any atom is -0.0347 e.